The van der Waals surface area contributed by atoms with Gasteiger partial charge in [0.05, 0.1) is 18.1 Å². The molecule has 1 amide bonds. The van der Waals surface area contributed by atoms with Crippen LogP contribution in [-0.2, 0) is 4.74 Å². The molecule has 2 saturated heterocycles. The summed E-state index contributed by atoms with van der Waals surface area (Å²) in [6.07, 6.45) is 0. The van der Waals surface area contributed by atoms with E-state index in [4.69, 9.17) is 16.3 Å². The normalized spacial score (nSPS) is 17.2. The Bertz CT molecular complexity index is 940. The summed E-state index contributed by atoms with van der Waals surface area (Å²) in [5.74, 6) is -0.196. The Morgan fingerprint density at radius 2 is 1.67 bits per heavy atom. The first kappa shape index (κ1) is 20.4. The van der Waals surface area contributed by atoms with Crippen molar-refractivity contribution < 1.29 is 14.5 Å². The molecule has 4 rings (SSSR count). The summed E-state index contributed by atoms with van der Waals surface area (Å²) in [5, 5.41) is 12.4. The van der Waals surface area contributed by atoms with Crippen molar-refractivity contribution in [2.45, 2.75) is 0 Å². The topological polar surface area (TPSA) is 79.2 Å². The summed E-state index contributed by atoms with van der Waals surface area (Å²) in [6.45, 7) is 4.72. The maximum Gasteiger partial charge on any atom is 0.293 e. The van der Waals surface area contributed by atoms with Crippen molar-refractivity contribution in [3.05, 3.63) is 63.2 Å². The van der Waals surface area contributed by atoms with E-state index in [1.54, 1.807) is 17.0 Å². The van der Waals surface area contributed by atoms with Crippen molar-refractivity contribution in [2.24, 2.45) is 0 Å². The molecule has 0 atom stereocenters. The minimum Gasteiger partial charge on any atom is -0.378 e. The predicted octanol–water partition coefficient (Wildman–Crippen LogP) is 3.05. The number of ether oxygens (including phenoxy) is 1. The van der Waals surface area contributed by atoms with E-state index in [1.165, 1.54) is 6.07 Å². The van der Waals surface area contributed by atoms with E-state index >= 15 is 0 Å². The molecule has 0 radical (unpaired) electrons. The molecule has 30 heavy (non-hydrogen) atoms. The molecule has 2 fully saturated rings. The lowest BCUT2D eigenvalue weighted by molar-refractivity contribution is -0.384. The molecule has 0 N–H and O–H groups in total. The molecule has 0 aliphatic carbocycles. The number of halogens is 1. The van der Waals surface area contributed by atoms with Gasteiger partial charge in [0.2, 0.25) is 0 Å². The molecule has 0 saturated carbocycles. The molecule has 0 unspecified atom stereocenters. The minimum absolute atomic E-state index is 0.0367. The van der Waals surface area contributed by atoms with E-state index in [0.29, 0.717) is 55.7 Å². The van der Waals surface area contributed by atoms with E-state index in [2.05, 4.69) is 4.90 Å². The van der Waals surface area contributed by atoms with Gasteiger partial charge in [-0.15, -0.1) is 0 Å². The number of anilines is 2. The highest BCUT2D eigenvalue weighted by Crippen LogP contribution is 2.31. The lowest BCUT2D eigenvalue weighted by Gasteiger charge is -2.37. The first-order valence-electron chi connectivity index (χ1n) is 9.94. The monoisotopic (exact) mass is 430 g/mol. The number of hydrogen-bond acceptors (Lipinski definition) is 6. The van der Waals surface area contributed by atoms with Crippen molar-refractivity contribution in [3.8, 4) is 0 Å². The third-order valence-electron chi connectivity index (χ3n) is 5.51. The van der Waals surface area contributed by atoms with E-state index < -0.39 is 4.92 Å². The molecule has 0 aromatic heterocycles. The van der Waals surface area contributed by atoms with E-state index in [9.17, 15) is 14.9 Å². The van der Waals surface area contributed by atoms with E-state index in [1.807, 2.05) is 29.2 Å². The molecule has 2 heterocycles. The van der Waals surface area contributed by atoms with Crippen molar-refractivity contribution in [1.29, 1.82) is 0 Å². The average molecular weight is 431 g/mol. The van der Waals surface area contributed by atoms with Crippen LogP contribution in [0.2, 0.25) is 5.02 Å². The lowest BCUT2D eigenvalue weighted by atomic mass is 10.1. The van der Waals surface area contributed by atoms with Crippen molar-refractivity contribution in [1.82, 2.24) is 4.90 Å². The Morgan fingerprint density at radius 3 is 2.33 bits per heavy atom. The SMILES string of the molecule is O=C(c1ccc(N2CCN(c3cccc(Cl)c3)CC2)c([N+](=O)[O-])c1)N1CCOCC1. The van der Waals surface area contributed by atoms with Gasteiger partial charge in [-0.3, -0.25) is 14.9 Å². The van der Waals surface area contributed by atoms with Gasteiger partial charge in [-0.1, -0.05) is 17.7 Å². The maximum atomic E-state index is 12.7. The molecule has 2 aromatic rings. The van der Waals surface area contributed by atoms with E-state index in [-0.39, 0.29) is 11.6 Å². The Balaban J connectivity index is 1.50. The van der Waals surface area contributed by atoms with Crippen LogP contribution in [0, 0.1) is 10.1 Å². The molecule has 0 bridgehead atoms. The number of carbonyl (C=O) groups excluding carboxylic acids is 1. The Labute approximate surface area is 179 Å². The van der Waals surface area contributed by atoms with Gasteiger partial charge in [0.15, 0.2) is 0 Å². The zero-order valence-electron chi connectivity index (χ0n) is 16.5. The fourth-order valence-corrected chi connectivity index (χ4v) is 4.08. The van der Waals surface area contributed by atoms with Crippen LogP contribution in [0.1, 0.15) is 10.4 Å². The summed E-state index contributed by atoms with van der Waals surface area (Å²) in [5.41, 5.74) is 1.89. The number of nitrogens with zero attached hydrogens (tertiary/aromatic N) is 4. The molecule has 2 aliphatic heterocycles. The minimum atomic E-state index is -0.408. The highest BCUT2D eigenvalue weighted by atomic mass is 35.5. The first-order chi connectivity index (χ1) is 14.5. The van der Waals surface area contributed by atoms with Gasteiger partial charge in [0.1, 0.15) is 5.69 Å². The van der Waals surface area contributed by atoms with Gasteiger partial charge in [0.25, 0.3) is 11.6 Å². The lowest BCUT2D eigenvalue weighted by Crippen LogP contribution is -2.46. The van der Waals surface area contributed by atoms with Crippen LogP contribution in [0.3, 0.4) is 0 Å². The number of nitro groups is 1. The molecular formula is C21H23ClN4O4. The summed E-state index contributed by atoms with van der Waals surface area (Å²) in [6, 6.07) is 12.5. The number of benzene rings is 2. The quantitative estimate of drug-likeness (QED) is 0.548. The largest absolute Gasteiger partial charge is 0.378 e. The smallest absolute Gasteiger partial charge is 0.293 e. The molecule has 2 aromatic carbocycles. The van der Waals surface area contributed by atoms with Crippen LogP contribution in [0.5, 0.6) is 0 Å². The fourth-order valence-electron chi connectivity index (χ4n) is 3.90. The number of hydrogen-bond donors (Lipinski definition) is 0. The second-order valence-corrected chi connectivity index (χ2v) is 7.76. The molecule has 8 nitrogen and oxygen atoms in total. The average Bonchev–Trinajstić information content (AvgIpc) is 2.79. The number of amides is 1. The number of rotatable bonds is 4. The highest BCUT2D eigenvalue weighted by Gasteiger charge is 2.27. The van der Waals surface area contributed by atoms with Gasteiger partial charge in [-0.25, -0.2) is 0 Å². The van der Waals surface area contributed by atoms with Crippen molar-refractivity contribution in [2.75, 3.05) is 62.3 Å². The third-order valence-corrected chi connectivity index (χ3v) is 5.75. The highest BCUT2D eigenvalue weighted by molar-refractivity contribution is 6.30. The molecule has 158 valence electrons. The van der Waals surface area contributed by atoms with Crippen LogP contribution in [-0.4, -0.2) is 68.2 Å². The summed E-state index contributed by atoms with van der Waals surface area (Å²) in [4.78, 5) is 29.9. The van der Waals surface area contributed by atoms with Crippen LogP contribution in [0.15, 0.2) is 42.5 Å². The van der Waals surface area contributed by atoms with Crippen LogP contribution in [0.25, 0.3) is 0 Å². The molecule has 2 aliphatic rings. The van der Waals surface area contributed by atoms with E-state index in [0.717, 1.165) is 18.8 Å². The maximum absolute atomic E-state index is 12.7. The summed E-state index contributed by atoms with van der Waals surface area (Å²) in [7, 11) is 0. The second kappa shape index (κ2) is 8.89. The Kier molecular flexibility index (Phi) is 6.06. The first-order valence-corrected chi connectivity index (χ1v) is 10.3. The van der Waals surface area contributed by atoms with Gasteiger partial charge < -0.3 is 19.4 Å². The van der Waals surface area contributed by atoms with Crippen LogP contribution < -0.4 is 9.80 Å². The predicted molar refractivity (Wildman–Crippen MR) is 116 cm³/mol. The van der Waals surface area contributed by atoms with Gasteiger partial charge in [0, 0.05) is 61.6 Å². The van der Waals surface area contributed by atoms with Crippen molar-refractivity contribution in [3.63, 3.8) is 0 Å². The molecular weight excluding hydrogens is 408 g/mol. The van der Waals surface area contributed by atoms with Crippen molar-refractivity contribution >= 4 is 34.6 Å². The zero-order valence-corrected chi connectivity index (χ0v) is 17.3. The zero-order chi connectivity index (χ0) is 21.1. The fraction of sp³-hybridized carbons (Fsp3) is 0.381. The third kappa shape index (κ3) is 4.34. The summed E-state index contributed by atoms with van der Waals surface area (Å²) < 4.78 is 5.27. The molecule has 9 heteroatoms. The van der Waals surface area contributed by atoms with Gasteiger partial charge >= 0.3 is 0 Å². The number of piperazine rings is 1. The second-order valence-electron chi connectivity index (χ2n) is 7.32. The summed E-state index contributed by atoms with van der Waals surface area (Å²) >= 11 is 6.09. The standard InChI is InChI=1S/C21H23ClN4O4/c22-17-2-1-3-18(15-17)23-6-8-24(9-7-23)19-5-4-16(14-20(19)26(28)29)21(27)25-10-12-30-13-11-25/h1-5,14-15H,6-13H2. The van der Waals surface area contributed by atoms with Crippen LogP contribution in [0.4, 0.5) is 17.1 Å². The Hall–Kier alpha value is -2.84. The van der Waals surface area contributed by atoms with Gasteiger partial charge in [-0.2, -0.15) is 0 Å². The number of carbonyl (C=O) groups is 1. The molecule has 0 spiro atoms. The van der Waals surface area contributed by atoms with Crippen LogP contribution >= 0.6 is 11.6 Å². The number of nitro benzene ring substituents is 1. The Morgan fingerprint density at radius 1 is 0.967 bits per heavy atom. The van der Waals surface area contributed by atoms with Gasteiger partial charge in [-0.05, 0) is 30.3 Å². The number of morpholine rings is 1.